The average Bonchev–Trinajstić information content (AvgIpc) is 3.15. The highest BCUT2D eigenvalue weighted by Gasteiger charge is 2.20. The quantitative estimate of drug-likeness (QED) is 0.704. The van der Waals surface area contributed by atoms with Crippen LogP contribution >= 0.6 is 12.4 Å². The summed E-state index contributed by atoms with van der Waals surface area (Å²) in [6.45, 7) is 1.25. The zero-order valence-electron chi connectivity index (χ0n) is 11.2. The molecule has 2 rings (SSSR count). The van der Waals surface area contributed by atoms with E-state index in [9.17, 15) is 9.59 Å². The molecule has 0 spiro atoms. The molecular formula is C14H20ClN3O2. The molecule has 110 valence electrons. The molecule has 0 radical (unpaired) electrons. The molecule has 1 aromatic rings. The number of benzene rings is 1. The van der Waals surface area contributed by atoms with Gasteiger partial charge in [-0.05, 0) is 43.0 Å². The second kappa shape index (κ2) is 7.87. The van der Waals surface area contributed by atoms with Crippen molar-refractivity contribution < 1.29 is 9.59 Å². The Morgan fingerprint density at radius 3 is 2.40 bits per heavy atom. The predicted octanol–water partition coefficient (Wildman–Crippen LogP) is 1.07. The Bertz CT molecular complexity index is 458. The first-order chi connectivity index (χ1) is 9.13. The van der Waals surface area contributed by atoms with E-state index in [0.29, 0.717) is 6.54 Å². The molecule has 1 fully saturated rings. The molecule has 1 aliphatic carbocycles. The van der Waals surface area contributed by atoms with Crippen molar-refractivity contribution in [3.8, 4) is 0 Å². The van der Waals surface area contributed by atoms with Gasteiger partial charge in [0.2, 0.25) is 11.8 Å². The first-order valence-electron chi connectivity index (χ1n) is 6.51. The van der Waals surface area contributed by atoms with Crippen LogP contribution in [0.2, 0.25) is 0 Å². The Labute approximate surface area is 124 Å². The van der Waals surface area contributed by atoms with Crippen LogP contribution in [0, 0.1) is 5.92 Å². The van der Waals surface area contributed by atoms with Crippen molar-refractivity contribution in [2.75, 3.05) is 18.4 Å². The third-order valence-corrected chi connectivity index (χ3v) is 3.03. The molecule has 0 bridgehead atoms. The maximum absolute atomic E-state index is 11.6. The number of anilines is 1. The normalized spacial score (nSPS) is 13.4. The topological polar surface area (TPSA) is 84.2 Å². The fourth-order valence-corrected chi connectivity index (χ4v) is 1.82. The number of nitrogens with one attached hydrogen (secondary N) is 2. The molecule has 20 heavy (non-hydrogen) atoms. The Morgan fingerprint density at radius 1 is 1.20 bits per heavy atom. The van der Waals surface area contributed by atoms with Gasteiger partial charge in [0, 0.05) is 5.69 Å². The second-order valence-electron chi connectivity index (χ2n) is 4.96. The number of primary amides is 1. The maximum Gasteiger partial charge on any atom is 0.238 e. The lowest BCUT2D eigenvalue weighted by Crippen LogP contribution is -2.29. The summed E-state index contributed by atoms with van der Waals surface area (Å²) in [4.78, 5) is 22.4. The van der Waals surface area contributed by atoms with Gasteiger partial charge in [-0.15, -0.1) is 12.4 Å². The number of hydrogen-bond acceptors (Lipinski definition) is 3. The summed E-state index contributed by atoms with van der Waals surface area (Å²) in [6.07, 6.45) is 2.77. The van der Waals surface area contributed by atoms with E-state index >= 15 is 0 Å². The highest BCUT2D eigenvalue weighted by Crippen LogP contribution is 2.27. The van der Waals surface area contributed by atoms with Gasteiger partial charge >= 0.3 is 0 Å². The molecular weight excluding hydrogens is 278 g/mol. The van der Waals surface area contributed by atoms with Gasteiger partial charge in [0.1, 0.15) is 0 Å². The summed E-state index contributed by atoms with van der Waals surface area (Å²) in [7, 11) is 0. The molecule has 0 aliphatic heterocycles. The third-order valence-electron chi connectivity index (χ3n) is 3.03. The van der Waals surface area contributed by atoms with Gasteiger partial charge in [0.05, 0.1) is 13.0 Å². The maximum atomic E-state index is 11.6. The standard InChI is InChI=1S/C14H19N3O2.ClH/c15-13(18)7-10-3-5-12(6-4-10)17-14(19)9-16-8-11-1-2-11;/h3-6,11,16H,1-2,7-9H2,(H2,15,18)(H,17,19);1H. The first kappa shape index (κ1) is 16.5. The fraction of sp³-hybridized carbons (Fsp3) is 0.429. The van der Waals surface area contributed by atoms with E-state index in [1.165, 1.54) is 12.8 Å². The highest BCUT2D eigenvalue weighted by molar-refractivity contribution is 5.92. The van der Waals surface area contributed by atoms with Gasteiger partial charge in [0.15, 0.2) is 0 Å². The Morgan fingerprint density at radius 2 is 1.85 bits per heavy atom. The van der Waals surface area contributed by atoms with Crippen LogP contribution in [0.15, 0.2) is 24.3 Å². The Hall–Kier alpha value is -1.59. The van der Waals surface area contributed by atoms with E-state index < -0.39 is 0 Å². The second-order valence-corrected chi connectivity index (χ2v) is 4.96. The molecule has 0 atom stereocenters. The molecule has 0 aromatic heterocycles. The van der Waals surface area contributed by atoms with Gasteiger partial charge in [0.25, 0.3) is 0 Å². The number of nitrogens with two attached hydrogens (primary N) is 1. The van der Waals surface area contributed by atoms with Crippen LogP contribution in [0.3, 0.4) is 0 Å². The van der Waals surface area contributed by atoms with Crippen LogP contribution in [0.4, 0.5) is 5.69 Å². The van der Waals surface area contributed by atoms with Gasteiger partial charge in [-0.3, -0.25) is 9.59 Å². The van der Waals surface area contributed by atoms with Gasteiger partial charge in [-0.1, -0.05) is 12.1 Å². The number of hydrogen-bond donors (Lipinski definition) is 3. The van der Waals surface area contributed by atoms with E-state index in [0.717, 1.165) is 23.7 Å². The van der Waals surface area contributed by atoms with Crippen LogP contribution in [0.25, 0.3) is 0 Å². The van der Waals surface area contributed by atoms with Crippen LogP contribution < -0.4 is 16.4 Å². The van der Waals surface area contributed by atoms with Crippen molar-refractivity contribution in [1.29, 1.82) is 0 Å². The van der Waals surface area contributed by atoms with E-state index in [-0.39, 0.29) is 30.6 Å². The monoisotopic (exact) mass is 297 g/mol. The SMILES string of the molecule is Cl.NC(=O)Cc1ccc(NC(=O)CNCC2CC2)cc1. The van der Waals surface area contributed by atoms with E-state index in [2.05, 4.69) is 10.6 Å². The molecule has 0 unspecified atom stereocenters. The van der Waals surface area contributed by atoms with Crippen molar-refractivity contribution in [2.24, 2.45) is 11.7 Å². The Balaban J connectivity index is 0.00000200. The predicted molar refractivity (Wildman–Crippen MR) is 80.8 cm³/mol. The van der Waals surface area contributed by atoms with Crippen molar-refractivity contribution in [1.82, 2.24) is 5.32 Å². The summed E-state index contributed by atoms with van der Waals surface area (Å²) < 4.78 is 0. The summed E-state index contributed by atoms with van der Waals surface area (Å²) in [5.74, 6) is 0.352. The Kier molecular flexibility index (Phi) is 6.48. The fourth-order valence-electron chi connectivity index (χ4n) is 1.82. The lowest BCUT2D eigenvalue weighted by Gasteiger charge is -2.07. The molecule has 4 N–H and O–H groups in total. The summed E-state index contributed by atoms with van der Waals surface area (Å²) in [6, 6.07) is 7.13. The van der Waals surface area contributed by atoms with E-state index in [1.54, 1.807) is 24.3 Å². The van der Waals surface area contributed by atoms with Gasteiger partial charge in [-0.25, -0.2) is 0 Å². The molecule has 6 heteroatoms. The number of halogens is 1. The van der Waals surface area contributed by atoms with Crippen molar-refractivity contribution in [3.05, 3.63) is 29.8 Å². The van der Waals surface area contributed by atoms with Crippen molar-refractivity contribution >= 4 is 29.9 Å². The highest BCUT2D eigenvalue weighted by atomic mass is 35.5. The first-order valence-corrected chi connectivity index (χ1v) is 6.51. The third kappa shape index (κ3) is 6.04. The molecule has 1 saturated carbocycles. The summed E-state index contributed by atoms with van der Waals surface area (Å²) in [5, 5.41) is 5.93. The molecule has 1 aliphatic rings. The lowest BCUT2D eigenvalue weighted by molar-refractivity contribution is -0.117. The van der Waals surface area contributed by atoms with Crippen LogP contribution in [-0.4, -0.2) is 24.9 Å². The largest absolute Gasteiger partial charge is 0.369 e. The van der Waals surface area contributed by atoms with E-state index in [1.807, 2.05) is 0 Å². The zero-order chi connectivity index (χ0) is 13.7. The number of amides is 2. The number of carbonyl (C=O) groups is 2. The van der Waals surface area contributed by atoms with Crippen molar-refractivity contribution in [2.45, 2.75) is 19.3 Å². The zero-order valence-corrected chi connectivity index (χ0v) is 12.0. The van der Waals surface area contributed by atoms with Crippen LogP contribution in [0.1, 0.15) is 18.4 Å². The molecule has 0 heterocycles. The number of carbonyl (C=O) groups excluding carboxylic acids is 2. The molecule has 1 aromatic carbocycles. The smallest absolute Gasteiger partial charge is 0.238 e. The van der Waals surface area contributed by atoms with E-state index in [4.69, 9.17) is 5.73 Å². The lowest BCUT2D eigenvalue weighted by atomic mass is 10.1. The van der Waals surface area contributed by atoms with Crippen LogP contribution in [-0.2, 0) is 16.0 Å². The van der Waals surface area contributed by atoms with Crippen LogP contribution in [0.5, 0.6) is 0 Å². The molecule has 5 nitrogen and oxygen atoms in total. The molecule has 0 saturated heterocycles. The summed E-state index contributed by atoms with van der Waals surface area (Å²) >= 11 is 0. The number of rotatable bonds is 7. The minimum absolute atomic E-state index is 0. The van der Waals surface area contributed by atoms with Crippen molar-refractivity contribution in [3.63, 3.8) is 0 Å². The average molecular weight is 298 g/mol. The van der Waals surface area contributed by atoms with Gasteiger partial charge < -0.3 is 16.4 Å². The van der Waals surface area contributed by atoms with Gasteiger partial charge in [-0.2, -0.15) is 0 Å². The summed E-state index contributed by atoms with van der Waals surface area (Å²) in [5.41, 5.74) is 6.68. The minimum Gasteiger partial charge on any atom is -0.369 e. The molecule has 2 amide bonds. The minimum atomic E-state index is -0.360.